The van der Waals surface area contributed by atoms with E-state index in [0.29, 0.717) is 29.6 Å². The van der Waals surface area contributed by atoms with Gasteiger partial charge in [-0.1, -0.05) is 53.5 Å². The number of amides is 1. The lowest BCUT2D eigenvalue weighted by Gasteiger charge is -2.31. The fourth-order valence-corrected chi connectivity index (χ4v) is 3.84. The summed E-state index contributed by atoms with van der Waals surface area (Å²) in [6.07, 6.45) is 0.564. The van der Waals surface area contributed by atoms with Crippen LogP contribution in [-0.2, 0) is 33.8 Å². The number of carbonyl (C=O) groups excluding carboxylic acids is 2. The number of carbonyl (C=O) groups is 2. The summed E-state index contributed by atoms with van der Waals surface area (Å²) in [4.78, 5) is 25.6. The molecule has 0 aliphatic carbocycles. The van der Waals surface area contributed by atoms with E-state index >= 15 is 0 Å². The van der Waals surface area contributed by atoms with Crippen LogP contribution in [0.2, 0.25) is 10.0 Å². The Bertz CT molecular complexity index is 857. The molecule has 1 heterocycles. The van der Waals surface area contributed by atoms with Gasteiger partial charge < -0.3 is 15.0 Å². The van der Waals surface area contributed by atoms with E-state index < -0.39 is 6.04 Å². The van der Waals surface area contributed by atoms with Crippen LogP contribution in [0.5, 0.6) is 0 Å². The molecule has 1 amide bonds. The second kappa shape index (κ2) is 8.74. The molecule has 7 heteroatoms. The van der Waals surface area contributed by atoms with E-state index in [9.17, 15) is 9.59 Å². The molecule has 3 rings (SSSR count). The SMILES string of the molecule is COC(=O)[C@H]1Cc2ccccc2C[NH+]1CC(=O)NCc1ccc(Cl)cc1Cl. The molecule has 2 aromatic rings. The fourth-order valence-electron chi connectivity index (χ4n) is 3.37. The van der Waals surface area contributed by atoms with Gasteiger partial charge in [0.15, 0.2) is 12.6 Å². The molecule has 0 saturated heterocycles. The monoisotopic (exact) mass is 407 g/mol. The number of hydrogen-bond acceptors (Lipinski definition) is 3. The van der Waals surface area contributed by atoms with Gasteiger partial charge in [-0.15, -0.1) is 0 Å². The molecular formula is C20H21Cl2N2O3+. The number of ether oxygens (including phenoxy) is 1. The lowest BCUT2D eigenvalue weighted by Crippen LogP contribution is -3.17. The van der Waals surface area contributed by atoms with Crippen molar-refractivity contribution in [2.24, 2.45) is 0 Å². The van der Waals surface area contributed by atoms with Gasteiger partial charge in [-0.3, -0.25) is 4.79 Å². The van der Waals surface area contributed by atoms with Crippen molar-refractivity contribution in [3.8, 4) is 0 Å². The Morgan fingerprint density at radius 2 is 1.93 bits per heavy atom. The number of methoxy groups -OCH3 is 1. The molecule has 27 heavy (non-hydrogen) atoms. The van der Waals surface area contributed by atoms with Gasteiger partial charge in [-0.05, 0) is 23.3 Å². The van der Waals surface area contributed by atoms with Crippen molar-refractivity contribution in [2.75, 3.05) is 13.7 Å². The van der Waals surface area contributed by atoms with Crippen LogP contribution in [0, 0.1) is 0 Å². The summed E-state index contributed by atoms with van der Waals surface area (Å²) in [5, 5.41) is 3.93. The lowest BCUT2D eigenvalue weighted by atomic mass is 9.94. The van der Waals surface area contributed by atoms with Gasteiger partial charge in [-0.25, -0.2) is 4.79 Å². The first kappa shape index (κ1) is 19.7. The van der Waals surface area contributed by atoms with Gasteiger partial charge in [0.25, 0.3) is 5.91 Å². The maximum absolute atomic E-state index is 12.5. The number of esters is 1. The standard InChI is InChI=1S/C20H20Cl2N2O3/c1-27-20(26)18-8-13-4-2-3-5-15(13)11-24(18)12-19(25)23-10-14-6-7-16(21)9-17(14)22/h2-7,9,18H,8,10-12H2,1H3,(H,23,25)/p+1/t18-/m1/s1. The third kappa shape index (κ3) is 4.80. The Labute approximate surface area is 168 Å². The van der Waals surface area contributed by atoms with Crippen molar-refractivity contribution in [1.82, 2.24) is 5.32 Å². The van der Waals surface area contributed by atoms with Gasteiger partial charge in [0, 0.05) is 28.6 Å². The molecule has 142 valence electrons. The van der Waals surface area contributed by atoms with Crippen LogP contribution < -0.4 is 10.2 Å². The molecule has 0 radical (unpaired) electrons. The van der Waals surface area contributed by atoms with Crippen molar-refractivity contribution in [3.63, 3.8) is 0 Å². The molecule has 2 aromatic carbocycles. The lowest BCUT2D eigenvalue weighted by molar-refractivity contribution is -0.924. The van der Waals surface area contributed by atoms with Crippen molar-refractivity contribution >= 4 is 35.1 Å². The van der Waals surface area contributed by atoms with E-state index in [1.807, 2.05) is 24.3 Å². The smallest absolute Gasteiger partial charge is 0.365 e. The zero-order chi connectivity index (χ0) is 19.4. The minimum atomic E-state index is -0.394. The van der Waals surface area contributed by atoms with Crippen LogP contribution in [0.3, 0.4) is 0 Å². The Hall–Kier alpha value is -2.08. The van der Waals surface area contributed by atoms with E-state index in [1.54, 1.807) is 18.2 Å². The molecule has 2 atom stereocenters. The summed E-state index contributed by atoms with van der Waals surface area (Å²) in [5.41, 5.74) is 3.07. The fraction of sp³-hybridized carbons (Fsp3) is 0.300. The highest BCUT2D eigenvalue weighted by Crippen LogP contribution is 2.20. The van der Waals surface area contributed by atoms with Crippen LogP contribution in [0.4, 0.5) is 0 Å². The molecule has 0 bridgehead atoms. The number of nitrogens with one attached hydrogen (secondary N) is 2. The number of quaternary nitrogens is 1. The van der Waals surface area contributed by atoms with E-state index in [0.717, 1.165) is 21.6 Å². The quantitative estimate of drug-likeness (QED) is 0.742. The first-order valence-corrected chi connectivity index (χ1v) is 9.43. The third-order valence-corrected chi connectivity index (χ3v) is 5.40. The average molecular weight is 408 g/mol. The van der Waals surface area contributed by atoms with Crippen LogP contribution in [0.25, 0.3) is 0 Å². The van der Waals surface area contributed by atoms with Crippen LogP contribution in [0.15, 0.2) is 42.5 Å². The van der Waals surface area contributed by atoms with Crippen LogP contribution >= 0.6 is 23.2 Å². The molecular weight excluding hydrogens is 387 g/mol. The van der Waals surface area contributed by atoms with E-state index in [-0.39, 0.29) is 18.4 Å². The number of benzene rings is 2. The largest absolute Gasteiger partial charge is 0.465 e. The molecule has 0 aromatic heterocycles. The minimum absolute atomic E-state index is 0.149. The maximum atomic E-state index is 12.5. The average Bonchev–Trinajstić information content (AvgIpc) is 2.66. The van der Waals surface area contributed by atoms with Crippen molar-refractivity contribution in [1.29, 1.82) is 0 Å². The summed E-state index contributed by atoms with van der Waals surface area (Å²) < 4.78 is 4.95. The van der Waals surface area contributed by atoms with Crippen LogP contribution in [0.1, 0.15) is 16.7 Å². The normalized spacial score (nSPS) is 18.5. The van der Waals surface area contributed by atoms with E-state index in [2.05, 4.69) is 5.32 Å². The number of rotatable bonds is 5. The molecule has 2 N–H and O–H groups in total. The Morgan fingerprint density at radius 3 is 2.63 bits per heavy atom. The molecule has 0 fully saturated rings. The first-order valence-electron chi connectivity index (χ1n) is 8.67. The zero-order valence-corrected chi connectivity index (χ0v) is 16.4. The summed E-state index contributed by atoms with van der Waals surface area (Å²) in [6.45, 7) is 1.09. The minimum Gasteiger partial charge on any atom is -0.465 e. The highest BCUT2D eigenvalue weighted by molar-refractivity contribution is 6.35. The summed E-state index contributed by atoms with van der Waals surface area (Å²) in [6, 6.07) is 12.7. The summed E-state index contributed by atoms with van der Waals surface area (Å²) >= 11 is 12.0. The molecule has 0 spiro atoms. The van der Waals surface area contributed by atoms with Gasteiger partial charge in [-0.2, -0.15) is 0 Å². The molecule has 0 saturated carbocycles. The van der Waals surface area contributed by atoms with Crippen molar-refractivity contribution in [3.05, 3.63) is 69.2 Å². The summed E-state index contributed by atoms with van der Waals surface area (Å²) in [5.74, 6) is -0.447. The topological polar surface area (TPSA) is 59.8 Å². The predicted molar refractivity (Wildman–Crippen MR) is 104 cm³/mol. The van der Waals surface area contributed by atoms with E-state index in [4.69, 9.17) is 27.9 Å². The van der Waals surface area contributed by atoms with Gasteiger partial charge in [0.05, 0.1) is 7.11 Å². The predicted octanol–water partition coefficient (Wildman–Crippen LogP) is 1.79. The molecule has 5 nitrogen and oxygen atoms in total. The van der Waals surface area contributed by atoms with Crippen molar-refractivity contribution < 1.29 is 19.2 Å². The van der Waals surface area contributed by atoms with Crippen LogP contribution in [-0.4, -0.2) is 31.6 Å². The second-order valence-electron chi connectivity index (χ2n) is 6.57. The Balaban J connectivity index is 1.66. The number of fused-ring (bicyclic) bond motifs is 1. The van der Waals surface area contributed by atoms with Gasteiger partial charge in [0.2, 0.25) is 0 Å². The molecule has 1 unspecified atom stereocenters. The third-order valence-electron chi connectivity index (χ3n) is 4.82. The number of halogens is 2. The summed E-state index contributed by atoms with van der Waals surface area (Å²) in [7, 11) is 1.38. The van der Waals surface area contributed by atoms with Gasteiger partial charge >= 0.3 is 5.97 Å². The Morgan fingerprint density at radius 1 is 1.19 bits per heavy atom. The van der Waals surface area contributed by atoms with E-state index in [1.165, 1.54) is 7.11 Å². The van der Waals surface area contributed by atoms with Crippen molar-refractivity contribution in [2.45, 2.75) is 25.6 Å². The number of hydrogen-bond donors (Lipinski definition) is 2. The highest BCUT2D eigenvalue weighted by atomic mass is 35.5. The zero-order valence-electron chi connectivity index (χ0n) is 14.9. The highest BCUT2D eigenvalue weighted by Gasteiger charge is 2.37. The first-order chi connectivity index (χ1) is 13.0. The molecule has 1 aliphatic heterocycles. The molecule has 1 aliphatic rings. The Kier molecular flexibility index (Phi) is 6.37. The second-order valence-corrected chi connectivity index (χ2v) is 7.42. The maximum Gasteiger partial charge on any atom is 0.365 e. The van der Waals surface area contributed by atoms with Gasteiger partial charge in [0.1, 0.15) is 6.54 Å².